The second-order valence-electron chi connectivity index (χ2n) is 6.87. The van der Waals surface area contributed by atoms with Crippen molar-refractivity contribution in [2.75, 3.05) is 17.7 Å². The van der Waals surface area contributed by atoms with E-state index >= 15 is 0 Å². The number of aromatic nitrogens is 2. The van der Waals surface area contributed by atoms with Gasteiger partial charge in [-0.3, -0.25) is 19.4 Å². The summed E-state index contributed by atoms with van der Waals surface area (Å²) in [6.45, 7) is 6.91. The van der Waals surface area contributed by atoms with Gasteiger partial charge in [0.25, 0.3) is 5.56 Å². The Morgan fingerprint density at radius 3 is 2.63 bits per heavy atom. The first-order valence-electron chi connectivity index (χ1n) is 9.53. The Hall–Kier alpha value is -2.15. The van der Waals surface area contributed by atoms with Crippen LogP contribution in [0.3, 0.4) is 0 Å². The van der Waals surface area contributed by atoms with Gasteiger partial charge in [0, 0.05) is 6.04 Å². The van der Waals surface area contributed by atoms with Crippen LogP contribution in [0.1, 0.15) is 62.5 Å². The molecule has 7 heteroatoms. The summed E-state index contributed by atoms with van der Waals surface area (Å²) >= 11 is 1.48. The lowest BCUT2D eigenvalue weighted by Gasteiger charge is -2.17. The van der Waals surface area contributed by atoms with Gasteiger partial charge in [-0.15, -0.1) is 11.8 Å². The normalized spacial score (nSPS) is 17.7. The van der Waals surface area contributed by atoms with Crippen LogP contribution in [0.15, 0.2) is 29.1 Å². The number of carbonyl (C=O) groups is 1. The lowest BCUT2D eigenvalue weighted by molar-refractivity contribution is -0.113. The highest BCUT2D eigenvalue weighted by molar-refractivity contribution is 8.00. The molecule has 1 aromatic carbocycles. The zero-order valence-corrected chi connectivity index (χ0v) is 16.9. The summed E-state index contributed by atoms with van der Waals surface area (Å²) in [4.78, 5) is 25.0. The Morgan fingerprint density at radius 1 is 1.22 bits per heavy atom. The van der Waals surface area contributed by atoms with E-state index in [1.165, 1.54) is 11.8 Å². The molecule has 2 atom stereocenters. The van der Waals surface area contributed by atoms with Crippen molar-refractivity contribution in [1.29, 1.82) is 0 Å². The van der Waals surface area contributed by atoms with Gasteiger partial charge in [-0.25, -0.2) is 0 Å². The van der Waals surface area contributed by atoms with Crippen molar-refractivity contribution < 1.29 is 9.53 Å². The number of hydrogen-bond donors (Lipinski definition) is 2. The largest absolute Gasteiger partial charge is 0.494 e. The van der Waals surface area contributed by atoms with Crippen molar-refractivity contribution >= 4 is 23.5 Å². The number of thioether (sulfide) groups is 1. The monoisotopic (exact) mass is 389 g/mol. The van der Waals surface area contributed by atoms with Gasteiger partial charge in [-0.2, -0.15) is 0 Å². The van der Waals surface area contributed by atoms with Crippen molar-refractivity contribution in [2.24, 2.45) is 0 Å². The van der Waals surface area contributed by atoms with E-state index in [2.05, 4.69) is 31.2 Å². The first-order chi connectivity index (χ1) is 13.0. The predicted molar refractivity (Wildman–Crippen MR) is 110 cm³/mol. The average molecular weight is 390 g/mol. The molecule has 27 heavy (non-hydrogen) atoms. The Kier molecular flexibility index (Phi) is 6.31. The number of rotatable bonds is 7. The van der Waals surface area contributed by atoms with Crippen molar-refractivity contribution in [3.05, 3.63) is 45.7 Å². The van der Waals surface area contributed by atoms with Crippen LogP contribution in [-0.4, -0.2) is 28.0 Å². The first-order valence-corrected chi connectivity index (χ1v) is 10.6. The minimum absolute atomic E-state index is 0.0805. The zero-order valence-electron chi connectivity index (χ0n) is 16.1. The third-order valence-electron chi connectivity index (χ3n) is 4.67. The predicted octanol–water partition coefficient (Wildman–Crippen LogP) is 4.10. The lowest BCUT2D eigenvalue weighted by Crippen LogP contribution is -2.18. The smallest absolute Gasteiger partial charge is 0.270 e. The Bertz CT molecular complexity index is 841. The maximum absolute atomic E-state index is 12.8. The molecule has 0 saturated carbocycles. The number of ether oxygens (including phenoxy) is 1. The van der Waals surface area contributed by atoms with Crippen LogP contribution in [0.5, 0.6) is 5.75 Å². The molecule has 1 amide bonds. The van der Waals surface area contributed by atoms with E-state index in [4.69, 9.17) is 4.74 Å². The number of anilines is 1. The number of nitrogens with zero attached hydrogens (tertiary/aromatic N) is 1. The lowest BCUT2D eigenvalue weighted by atomic mass is 10.1. The van der Waals surface area contributed by atoms with E-state index in [9.17, 15) is 9.59 Å². The molecule has 0 fully saturated rings. The summed E-state index contributed by atoms with van der Waals surface area (Å²) in [5.41, 5.74) is 1.47. The second kappa shape index (κ2) is 8.69. The quantitative estimate of drug-likeness (QED) is 0.747. The fourth-order valence-corrected chi connectivity index (χ4v) is 4.47. The van der Waals surface area contributed by atoms with Gasteiger partial charge >= 0.3 is 0 Å². The van der Waals surface area contributed by atoms with Gasteiger partial charge in [0.2, 0.25) is 5.91 Å². The molecule has 0 aliphatic carbocycles. The van der Waals surface area contributed by atoms with E-state index in [1.54, 1.807) is 0 Å². The highest BCUT2D eigenvalue weighted by Crippen LogP contribution is 2.40. The third kappa shape index (κ3) is 4.24. The molecule has 1 aromatic heterocycles. The molecule has 2 N–H and O–H groups in total. The fourth-order valence-electron chi connectivity index (χ4n) is 3.34. The molecule has 2 heterocycles. The number of nitrogens with one attached hydrogen (secondary N) is 2. The zero-order chi connectivity index (χ0) is 19.4. The van der Waals surface area contributed by atoms with Crippen LogP contribution < -0.4 is 15.6 Å². The summed E-state index contributed by atoms with van der Waals surface area (Å²) in [7, 11) is 0. The molecule has 146 valence electrons. The number of fused-ring (bicyclic) bond motifs is 1. The molecule has 1 aliphatic heterocycles. The molecule has 0 spiro atoms. The minimum atomic E-state index is -0.196. The number of benzene rings is 1. The number of amides is 1. The standard InChI is InChI=1S/C20H27N3O3S/c1-4-6-13(3)23-19-17(20(25)22-23)18(27-12-16(24)21-19)14-7-9-15(10-8-14)26-11-5-2/h7-10,13,18H,4-6,11-12H2,1-3H3,(H,21,24)(H,22,25)/t13-,18-/m0/s1. The maximum atomic E-state index is 12.8. The molecular formula is C20H27N3O3S. The molecule has 1 aliphatic rings. The van der Waals surface area contributed by atoms with Crippen LogP contribution in [0.25, 0.3) is 0 Å². The van der Waals surface area contributed by atoms with Crippen molar-refractivity contribution in [2.45, 2.75) is 51.3 Å². The average Bonchev–Trinajstić information content (AvgIpc) is 2.87. The topological polar surface area (TPSA) is 76.1 Å². The summed E-state index contributed by atoms with van der Waals surface area (Å²) in [6.07, 6.45) is 2.88. The fraction of sp³-hybridized carbons (Fsp3) is 0.500. The van der Waals surface area contributed by atoms with E-state index < -0.39 is 0 Å². The number of carbonyl (C=O) groups excluding carboxylic acids is 1. The van der Waals surface area contributed by atoms with Gasteiger partial charge in [0.05, 0.1) is 23.2 Å². The molecule has 3 rings (SSSR count). The summed E-state index contributed by atoms with van der Waals surface area (Å²) in [5, 5.41) is 5.68. The highest BCUT2D eigenvalue weighted by Gasteiger charge is 2.31. The van der Waals surface area contributed by atoms with Crippen LogP contribution >= 0.6 is 11.8 Å². The van der Waals surface area contributed by atoms with E-state index in [1.807, 2.05) is 28.9 Å². The van der Waals surface area contributed by atoms with Crippen LogP contribution in [0.2, 0.25) is 0 Å². The first kappa shape index (κ1) is 19.6. The van der Waals surface area contributed by atoms with Gasteiger partial charge in [-0.1, -0.05) is 32.4 Å². The summed E-state index contributed by atoms with van der Waals surface area (Å²) in [6, 6.07) is 7.93. The molecule has 2 aromatic rings. The van der Waals surface area contributed by atoms with E-state index in [0.29, 0.717) is 23.7 Å². The molecule has 0 saturated heterocycles. The maximum Gasteiger partial charge on any atom is 0.270 e. The third-order valence-corrected chi connectivity index (χ3v) is 5.94. The van der Waals surface area contributed by atoms with Crippen molar-refractivity contribution in [3.63, 3.8) is 0 Å². The van der Waals surface area contributed by atoms with E-state index in [-0.39, 0.29) is 22.8 Å². The minimum Gasteiger partial charge on any atom is -0.494 e. The van der Waals surface area contributed by atoms with E-state index in [0.717, 1.165) is 30.6 Å². The summed E-state index contributed by atoms with van der Waals surface area (Å²) < 4.78 is 7.47. The van der Waals surface area contributed by atoms with Gasteiger partial charge < -0.3 is 10.1 Å². The van der Waals surface area contributed by atoms with Crippen LogP contribution in [0.4, 0.5) is 5.82 Å². The second-order valence-corrected chi connectivity index (χ2v) is 7.96. The Morgan fingerprint density at radius 2 is 1.96 bits per heavy atom. The van der Waals surface area contributed by atoms with Crippen molar-refractivity contribution in [3.8, 4) is 5.75 Å². The van der Waals surface area contributed by atoms with Crippen LogP contribution in [-0.2, 0) is 4.79 Å². The molecule has 0 radical (unpaired) electrons. The van der Waals surface area contributed by atoms with Gasteiger partial charge in [0.1, 0.15) is 11.6 Å². The van der Waals surface area contributed by atoms with Gasteiger partial charge in [0.15, 0.2) is 0 Å². The van der Waals surface area contributed by atoms with Crippen LogP contribution in [0, 0.1) is 0 Å². The number of aromatic amines is 1. The molecule has 0 bridgehead atoms. The summed E-state index contributed by atoms with van der Waals surface area (Å²) in [5.74, 6) is 1.65. The molecule has 6 nitrogen and oxygen atoms in total. The molecular weight excluding hydrogens is 362 g/mol. The number of H-pyrrole nitrogens is 1. The Balaban J connectivity index is 1.99. The molecule has 0 unspecified atom stereocenters. The van der Waals surface area contributed by atoms with Gasteiger partial charge in [-0.05, 0) is 37.5 Å². The Labute approximate surface area is 163 Å². The highest BCUT2D eigenvalue weighted by atomic mass is 32.2. The van der Waals surface area contributed by atoms with Crippen molar-refractivity contribution in [1.82, 2.24) is 9.78 Å². The number of hydrogen-bond acceptors (Lipinski definition) is 4. The SMILES string of the molecule is CCCOc1ccc([C@@H]2SCC(=O)Nc3c2c(=O)[nH]n3[C@@H](C)CCC)cc1.